The van der Waals surface area contributed by atoms with Crippen LogP contribution in [-0.2, 0) is 0 Å². The second kappa shape index (κ2) is 7.65. The first-order valence-corrected chi connectivity index (χ1v) is 3.83. The number of benzene rings is 1. The molecule has 0 aliphatic heterocycles. The molecular formula is C10H13BrMgO. The minimum absolute atomic E-state index is 0. The smallest absolute Gasteiger partial charge is 1.00 e. The molecule has 0 spiro atoms. The van der Waals surface area contributed by atoms with Crippen LogP contribution in [0.3, 0.4) is 0 Å². The number of aryl methyl sites for hydroxylation is 1. The van der Waals surface area contributed by atoms with Gasteiger partial charge in [0, 0.05) is 5.75 Å². The van der Waals surface area contributed by atoms with Gasteiger partial charge in [0.05, 0.1) is 6.10 Å². The van der Waals surface area contributed by atoms with Crippen molar-refractivity contribution in [2.24, 2.45) is 0 Å². The average Bonchev–Trinajstić information content (AvgIpc) is 1.93. The average molecular weight is 253 g/mol. The molecule has 0 N–H and O–H groups in total. The molecule has 0 atom stereocenters. The summed E-state index contributed by atoms with van der Waals surface area (Å²) in [5.41, 5.74) is 1.21. The molecule has 0 aliphatic rings. The summed E-state index contributed by atoms with van der Waals surface area (Å²) in [4.78, 5) is 0. The molecule has 0 aliphatic carbocycles. The van der Waals surface area contributed by atoms with Gasteiger partial charge in [-0.15, -0.1) is 12.1 Å². The Balaban J connectivity index is 0. The van der Waals surface area contributed by atoms with E-state index in [9.17, 15) is 0 Å². The van der Waals surface area contributed by atoms with E-state index >= 15 is 0 Å². The molecule has 3 heteroatoms. The van der Waals surface area contributed by atoms with Gasteiger partial charge in [-0.25, -0.2) is 0 Å². The van der Waals surface area contributed by atoms with Crippen LogP contribution in [0.1, 0.15) is 19.4 Å². The molecule has 0 saturated heterocycles. The van der Waals surface area contributed by atoms with Crippen LogP contribution >= 0.6 is 0 Å². The van der Waals surface area contributed by atoms with Crippen LogP contribution in [0, 0.1) is 13.0 Å². The molecular weight excluding hydrogens is 240 g/mol. The Labute approximate surface area is 107 Å². The first-order chi connectivity index (χ1) is 5.18. The second-order valence-electron chi connectivity index (χ2n) is 2.90. The summed E-state index contributed by atoms with van der Waals surface area (Å²) in [6.07, 6.45) is 0.231. The Morgan fingerprint density at radius 3 is 2.31 bits per heavy atom. The Hall–Kier alpha value is 0.266. The van der Waals surface area contributed by atoms with Gasteiger partial charge in [-0.1, -0.05) is 6.92 Å². The fourth-order valence-electron chi connectivity index (χ4n) is 0.816. The van der Waals surface area contributed by atoms with Gasteiger partial charge in [0.2, 0.25) is 0 Å². The van der Waals surface area contributed by atoms with E-state index in [4.69, 9.17) is 4.74 Å². The van der Waals surface area contributed by atoms with Crippen LogP contribution in [0.2, 0.25) is 0 Å². The fraction of sp³-hybridized carbons (Fsp3) is 0.400. The van der Waals surface area contributed by atoms with E-state index in [0.717, 1.165) is 5.75 Å². The standard InChI is InChI=1S/C10H13O.BrH.Mg/c1-8(2)11-10-6-4-9(3)5-7-10;;/h4-6,8H,1-3H3;1H;/q-1;;+2/p-1. The maximum Gasteiger partial charge on any atom is 2.00 e. The SMILES string of the molecule is Cc1c[c-]c(OC(C)C)cc1.[Br-].[Mg+2]. The summed E-state index contributed by atoms with van der Waals surface area (Å²) in [5.74, 6) is 0.825. The van der Waals surface area contributed by atoms with Crippen molar-refractivity contribution in [3.8, 4) is 5.75 Å². The van der Waals surface area contributed by atoms with Gasteiger partial charge in [-0.3, -0.25) is 0 Å². The largest absolute Gasteiger partial charge is 2.00 e. The topological polar surface area (TPSA) is 9.23 Å². The summed E-state index contributed by atoms with van der Waals surface area (Å²) in [5, 5.41) is 0. The van der Waals surface area contributed by atoms with Crippen LogP contribution < -0.4 is 21.7 Å². The fourth-order valence-corrected chi connectivity index (χ4v) is 0.816. The zero-order chi connectivity index (χ0) is 8.27. The second-order valence-corrected chi connectivity index (χ2v) is 2.90. The van der Waals surface area contributed by atoms with Crippen LogP contribution in [-0.4, -0.2) is 29.2 Å². The molecule has 13 heavy (non-hydrogen) atoms. The zero-order valence-corrected chi connectivity index (χ0v) is 11.3. The summed E-state index contributed by atoms with van der Waals surface area (Å²) in [6, 6.07) is 8.94. The van der Waals surface area contributed by atoms with Crippen molar-refractivity contribution in [1.29, 1.82) is 0 Å². The van der Waals surface area contributed by atoms with Crippen LogP contribution in [0.15, 0.2) is 18.2 Å². The van der Waals surface area contributed by atoms with E-state index in [1.54, 1.807) is 0 Å². The quantitative estimate of drug-likeness (QED) is 0.496. The van der Waals surface area contributed by atoms with Crippen molar-refractivity contribution in [2.45, 2.75) is 26.9 Å². The molecule has 0 heterocycles. The molecule has 1 aromatic carbocycles. The van der Waals surface area contributed by atoms with Gasteiger partial charge in [-0.05, 0) is 13.8 Å². The monoisotopic (exact) mass is 252 g/mol. The summed E-state index contributed by atoms with van der Waals surface area (Å²) in [7, 11) is 0. The van der Waals surface area contributed by atoms with E-state index in [-0.39, 0.29) is 46.1 Å². The molecule has 0 aromatic heterocycles. The predicted octanol–water partition coefficient (Wildman–Crippen LogP) is -0.794. The van der Waals surface area contributed by atoms with Gasteiger partial charge >= 0.3 is 23.1 Å². The third kappa shape index (κ3) is 6.35. The third-order valence-electron chi connectivity index (χ3n) is 1.30. The zero-order valence-electron chi connectivity index (χ0n) is 8.30. The van der Waals surface area contributed by atoms with Crippen LogP contribution in [0.5, 0.6) is 5.75 Å². The van der Waals surface area contributed by atoms with Crippen molar-refractivity contribution in [3.63, 3.8) is 0 Å². The minimum atomic E-state index is 0. The van der Waals surface area contributed by atoms with Crippen LogP contribution in [0.4, 0.5) is 0 Å². The Morgan fingerprint density at radius 2 is 1.92 bits per heavy atom. The number of halogens is 1. The van der Waals surface area contributed by atoms with Gasteiger partial charge in [0.25, 0.3) is 0 Å². The maximum atomic E-state index is 5.41. The maximum absolute atomic E-state index is 5.41. The number of ether oxygens (including phenoxy) is 1. The Bertz CT molecular complexity index is 221. The summed E-state index contributed by atoms with van der Waals surface area (Å²) in [6.45, 7) is 6.05. The first kappa shape index (κ1) is 15.7. The van der Waals surface area contributed by atoms with E-state index < -0.39 is 0 Å². The van der Waals surface area contributed by atoms with E-state index in [1.807, 2.05) is 39.0 Å². The van der Waals surface area contributed by atoms with Crippen molar-refractivity contribution in [2.75, 3.05) is 0 Å². The van der Waals surface area contributed by atoms with E-state index in [0.29, 0.717) is 0 Å². The van der Waals surface area contributed by atoms with Crippen LogP contribution in [0.25, 0.3) is 0 Å². The van der Waals surface area contributed by atoms with Gasteiger partial charge < -0.3 is 21.7 Å². The molecule has 0 unspecified atom stereocenters. The molecule has 1 nitrogen and oxygen atoms in total. The van der Waals surface area contributed by atoms with Crippen molar-refractivity contribution in [3.05, 3.63) is 29.8 Å². The first-order valence-electron chi connectivity index (χ1n) is 3.83. The third-order valence-corrected chi connectivity index (χ3v) is 1.30. The number of rotatable bonds is 2. The normalized spacial score (nSPS) is 8.62. The molecule has 68 valence electrons. The van der Waals surface area contributed by atoms with Gasteiger partial charge in [0.15, 0.2) is 0 Å². The summed E-state index contributed by atoms with van der Waals surface area (Å²) >= 11 is 0. The van der Waals surface area contributed by atoms with Crippen molar-refractivity contribution < 1.29 is 21.7 Å². The Morgan fingerprint density at radius 1 is 1.31 bits per heavy atom. The molecule has 0 radical (unpaired) electrons. The van der Waals surface area contributed by atoms with Crippen molar-refractivity contribution >= 4 is 23.1 Å². The molecule has 0 fully saturated rings. The molecule has 1 aromatic rings. The minimum Gasteiger partial charge on any atom is -1.00 e. The number of hydrogen-bond acceptors (Lipinski definition) is 1. The van der Waals surface area contributed by atoms with Crippen molar-refractivity contribution in [1.82, 2.24) is 0 Å². The molecule has 0 saturated carbocycles. The number of hydrogen-bond donors (Lipinski definition) is 0. The summed E-state index contributed by atoms with van der Waals surface area (Å²) < 4.78 is 5.41. The van der Waals surface area contributed by atoms with E-state index in [1.165, 1.54) is 5.56 Å². The predicted molar refractivity (Wildman–Crippen MR) is 51.5 cm³/mol. The Kier molecular flexibility index (Phi) is 9.25. The van der Waals surface area contributed by atoms with E-state index in [2.05, 4.69) is 6.07 Å². The van der Waals surface area contributed by atoms with Gasteiger partial charge in [0.1, 0.15) is 0 Å². The molecule has 0 bridgehead atoms. The van der Waals surface area contributed by atoms with Gasteiger partial charge in [-0.2, -0.15) is 17.7 Å². The molecule has 0 amide bonds. The molecule has 1 rings (SSSR count).